The second kappa shape index (κ2) is 9.88. The van der Waals surface area contributed by atoms with Gasteiger partial charge < -0.3 is 19.9 Å². The molecule has 33 heavy (non-hydrogen) atoms. The van der Waals surface area contributed by atoms with Crippen LogP contribution in [-0.2, 0) is 13.1 Å². The van der Waals surface area contributed by atoms with Crippen LogP contribution < -0.4 is 15.6 Å². The molecule has 0 aliphatic carbocycles. The van der Waals surface area contributed by atoms with Crippen molar-refractivity contribution in [1.82, 2.24) is 9.88 Å². The van der Waals surface area contributed by atoms with Crippen molar-refractivity contribution in [2.24, 2.45) is 0 Å². The molecule has 0 unspecified atom stereocenters. The summed E-state index contributed by atoms with van der Waals surface area (Å²) in [4.78, 5) is 18.0. The third-order valence-electron chi connectivity index (χ3n) is 5.60. The number of benzene rings is 3. The number of anilines is 1. The van der Waals surface area contributed by atoms with E-state index in [-0.39, 0.29) is 5.56 Å². The fourth-order valence-corrected chi connectivity index (χ4v) is 4.17. The summed E-state index contributed by atoms with van der Waals surface area (Å²) in [5, 5.41) is 4.89. The highest BCUT2D eigenvalue weighted by molar-refractivity contribution is 7.80. The Morgan fingerprint density at radius 3 is 2.42 bits per heavy atom. The summed E-state index contributed by atoms with van der Waals surface area (Å²) in [6.07, 6.45) is 0. The van der Waals surface area contributed by atoms with Crippen LogP contribution in [0, 0.1) is 13.8 Å². The van der Waals surface area contributed by atoms with Crippen LogP contribution in [0.5, 0.6) is 5.75 Å². The van der Waals surface area contributed by atoms with Crippen molar-refractivity contribution >= 4 is 33.9 Å². The highest BCUT2D eigenvalue weighted by atomic mass is 32.1. The molecule has 0 aliphatic heterocycles. The number of nitrogens with one attached hydrogen (secondary N) is 2. The maximum Gasteiger partial charge on any atom is 0.253 e. The molecule has 0 saturated heterocycles. The van der Waals surface area contributed by atoms with Crippen LogP contribution in [0.4, 0.5) is 5.69 Å². The van der Waals surface area contributed by atoms with Crippen molar-refractivity contribution in [1.29, 1.82) is 0 Å². The van der Waals surface area contributed by atoms with Gasteiger partial charge >= 0.3 is 0 Å². The molecule has 1 heterocycles. The smallest absolute Gasteiger partial charge is 0.253 e. The van der Waals surface area contributed by atoms with E-state index in [2.05, 4.69) is 35.4 Å². The van der Waals surface area contributed by atoms with Gasteiger partial charge in [0.25, 0.3) is 5.56 Å². The van der Waals surface area contributed by atoms with Crippen molar-refractivity contribution < 1.29 is 4.74 Å². The fourth-order valence-electron chi connectivity index (χ4n) is 3.92. The molecule has 0 fully saturated rings. The van der Waals surface area contributed by atoms with Gasteiger partial charge in [-0.25, -0.2) is 0 Å². The van der Waals surface area contributed by atoms with Gasteiger partial charge in [0.15, 0.2) is 5.11 Å². The number of H-pyrrole nitrogens is 1. The third-order valence-corrected chi connectivity index (χ3v) is 5.96. The Morgan fingerprint density at radius 1 is 1.00 bits per heavy atom. The number of aromatic amines is 1. The van der Waals surface area contributed by atoms with Crippen molar-refractivity contribution in [3.8, 4) is 5.75 Å². The first-order chi connectivity index (χ1) is 15.9. The van der Waals surface area contributed by atoms with E-state index in [1.54, 1.807) is 7.11 Å². The van der Waals surface area contributed by atoms with E-state index in [9.17, 15) is 4.79 Å². The summed E-state index contributed by atoms with van der Waals surface area (Å²) >= 11 is 5.77. The number of nitrogens with zero attached hydrogens (tertiary/aromatic N) is 1. The lowest BCUT2D eigenvalue weighted by molar-refractivity contribution is 0.411. The predicted molar refractivity (Wildman–Crippen MR) is 139 cm³/mol. The molecular weight excluding hydrogens is 430 g/mol. The lowest BCUT2D eigenvalue weighted by atomic mass is 10.0. The van der Waals surface area contributed by atoms with E-state index in [0.717, 1.165) is 39.0 Å². The molecule has 6 heteroatoms. The van der Waals surface area contributed by atoms with Gasteiger partial charge in [0.1, 0.15) is 5.75 Å². The summed E-state index contributed by atoms with van der Waals surface area (Å²) in [7, 11) is 1.64. The van der Waals surface area contributed by atoms with Gasteiger partial charge in [0.2, 0.25) is 0 Å². The Hall–Kier alpha value is -3.64. The summed E-state index contributed by atoms with van der Waals surface area (Å²) < 4.78 is 5.24. The minimum absolute atomic E-state index is 0.0993. The highest BCUT2D eigenvalue weighted by Crippen LogP contribution is 2.20. The van der Waals surface area contributed by atoms with E-state index in [1.807, 2.05) is 66.4 Å². The average molecular weight is 458 g/mol. The topological polar surface area (TPSA) is 57.4 Å². The number of aryl methyl sites for hydroxylation is 2. The Bertz CT molecular complexity index is 1330. The SMILES string of the molecule is COc1ccc(NC(=S)N(Cc2ccccc2)Cc2cc3c(C)cc(C)cc3[nH]c2=O)cc1. The molecule has 168 valence electrons. The lowest BCUT2D eigenvalue weighted by Gasteiger charge is -2.26. The quantitative estimate of drug-likeness (QED) is 0.372. The van der Waals surface area contributed by atoms with Gasteiger partial charge in [-0.3, -0.25) is 4.79 Å². The van der Waals surface area contributed by atoms with E-state index in [0.29, 0.717) is 23.8 Å². The molecular formula is C27H27N3O2S. The summed E-state index contributed by atoms with van der Waals surface area (Å²) in [5.74, 6) is 0.779. The van der Waals surface area contributed by atoms with Crippen LogP contribution in [-0.4, -0.2) is 22.1 Å². The van der Waals surface area contributed by atoms with Gasteiger partial charge in [0.05, 0.1) is 13.7 Å². The molecule has 5 nitrogen and oxygen atoms in total. The van der Waals surface area contributed by atoms with Gasteiger partial charge in [-0.1, -0.05) is 36.4 Å². The van der Waals surface area contributed by atoms with Gasteiger partial charge in [0, 0.05) is 28.7 Å². The molecule has 0 aliphatic rings. The van der Waals surface area contributed by atoms with Crippen LogP contribution in [0.25, 0.3) is 10.9 Å². The van der Waals surface area contributed by atoms with Crippen LogP contribution in [0.15, 0.2) is 77.6 Å². The minimum atomic E-state index is -0.0993. The number of rotatable bonds is 6. The third kappa shape index (κ3) is 5.41. The average Bonchev–Trinajstić information content (AvgIpc) is 2.80. The molecule has 0 spiro atoms. The molecule has 0 radical (unpaired) electrons. The van der Waals surface area contributed by atoms with Crippen LogP contribution in [0.2, 0.25) is 0 Å². The first-order valence-corrected chi connectivity index (χ1v) is 11.2. The van der Waals surface area contributed by atoms with E-state index >= 15 is 0 Å². The van der Waals surface area contributed by atoms with Crippen LogP contribution >= 0.6 is 12.2 Å². The predicted octanol–water partition coefficient (Wildman–Crippen LogP) is 5.55. The van der Waals surface area contributed by atoms with Crippen molar-refractivity contribution in [3.05, 3.63) is 105 Å². The standard InChI is InChI=1S/C27H27N3O2S/c1-18-13-19(2)24-15-21(26(31)29-25(24)14-18)17-30(16-20-7-5-4-6-8-20)27(33)28-22-9-11-23(32-3)12-10-22/h4-15H,16-17H2,1-3H3,(H,28,33)(H,29,31). The number of thiocarbonyl (C=S) groups is 1. The normalized spacial score (nSPS) is 10.8. The first-order valence-electron chi connectivity index (χ1n) is 10.8. The Labute approximate surface area is 199 Å². The lowest BCUT2D eigenvalue weighted by Crippen LogP contribution is -2.35. The van der Waals surface area contributed by atoms with Crippen molar-refractivity contribution in [3.63, 3.8) is 0 Å². The van der Waals surface area contributed by atoms with E-state index in [1.165, 1.54) is 0 Å². The molecule has 1 aromatic heterocycles. The van der Waals surface area contributed by atoms with E-state index < -0.39 is 0 Å². The Morgan fingerprint density at radius 2 is 1.73 bits per heavy atom. The first kappa shape index (κ1) is 22.6. The summed E-state index contributed by atoms with van der Waals surface area (Å²) in [6.45, 7) is 5.06. The molecule has 4 rings (SSSR count). The zero-order valence-corrected chi connectivity index (χ0v) is 19.8. The number of hydrogen-bond donors (Lipinski definition) is 2. The van der Waals surface area contributed by atoms with Gasteiger partial charge in [-0.05, 0) is 79.2 Å². The molecule has 0 atom stereocenters. The molecule has 2 N–H and O–H groups in total. The maximum absolute atomic E-state index is 12.9. The second-order valence-corrected chi connectivity index (χ2v) is 8.55. The molecule has 0 amide bonds. The van der Waals surface area contributed by atoms with Crippen molar-refractivity contribution in [2.75, 3.05) is 12.4 Å². The molecule has 0 saturated carbocycles. The zero-order valence-electron chi connectivity index (χ0n) is 19.0. The van der Waals surface area contributed by atoms with E-state index in [4.69, 9.17) is 17.0 Å². The monoisotopic (exact) mass is 457 g/mol. The van der Waals surface area contributed by atoms with Crippen LogP contribution in [0.3, 0.4) is 0 Å². The zero-order chi connectivity index (χ0) is 23.4. The summed E-state index contributed by atoms with van der Waals surface area (Å²) in [5.41, 5.74) is 5.66. The molecule has 3 aromatic carbocycles. The second-order valence-electron chi connectivity index (χ2n) is 8.17. The Balaban J connectivity index is 1.65. The summed E-state index contributed by atoms with van der Waals surface area (Å²) in [6, 6.07) is 23.8. The van der Waals surface area contributed by atoms with Gasteiger partial charge in [-0.2, -0.15) is 0 Å². The number of hydrogen-bond acceptors (Lipinski definition) is 3. The van der Waals surface area contributed by atoms with Crippen molar-refractivity contribution in [2.45, 2.75) is 26.9 Å². The number of aromatic nitrogens is 1. The fraction of sp³-hybridized carbons (Fsp3) is 0.185. The number of pyridine rings is 1. The minimum Gasteiger partial charge on any atom is -0.497 e. The molecule has 4 aromatic rings. The number of fused-ring (bicyclic) bond motifs is 1. The number of ether oxygens (including phenoxy) is 1. The highest BCUT2D eigenvalue weighted by Gasteiger charge is 2.15. The molecule has 0 bridgehead atoms. The van der Waals surface area contributed by atoms with Gasteiger partial charge in [-0.15, -0.1) is 0 Å². The Kier molecular flexibility index (Phi) is 6.75. The number of methoxy groups -OCH3 is 1. The maximum atomic E-state index is 12.9. The van der Waals surface area contributed by atoms with Crippen LogP contribution in [0.1, 0.15) is 22.3 Å². The largest absolute Gasteiger partial charge is 0.497 e.